The molecule has 0 aliphatic heterocycles. The van der Waals surface area contributed by atoms with Crippen LogP contribution in [0.2, 0.25) is 0 Å². The fourth-order valence-corrected chi connectivity index (χ4v) is 2.52. The van der Waals surface area contributed by atoms with E-state index in [4.69, 9.17) is 0 Å². The zero-order valence-corrected chi connectivity index (χ0v) is 13.4. The molecule has 0 aliphatic rings. The van der Waals surface area contributed by atoms with E-state index in [1.165, 1.54) is 22.3 Å². The van der Waals surface area contributed by atoms with Crippen molar-refractivity contribution >= 4 is 11.9 Å². The lowest BCUT2D eigenvalue weighted by Crippen LogP contribution is -1.98. The molecule has 0 atom stereocenters. The van der Waals surface area contributed by atoms with Crippen LogP contribution < -0.4 is 0 Å². The van der Waals surface area contributed by atoms with Gasteiger partial charge in [0.15, 0.2) is 5.78 Å². The Bertz CT molecular complexity index is 698. The molecule has 0 saturated heterocycles. The van der Waals surface area contributed by atoms with Crippen LogP contribution in [0.3, 0.4) is 0 Å². The van der Waals surface area contributed by atoms with Crippen LogP contribution in [-0.4, -0.2) is 5.78 Å². The third kappa shape index (κ3) is 3.49. The minimum absolute atomic E-state index is 0.0587. The average molecular weight is 278 g/mol. The number of allylic oxidation sites excluding steroid dienone is 1. The maximum Gasteiger partial charge on any atom is 0.186 e. The summed E-state index contributed by atoms with van der Waals surface area (Å²) in [7, 11) is 0. The summed E-state index contributed by atoms with van der Waals surface area (Å²) in [5.41, 5.74) is 7.89. The lowest BCUT2D eigenvalue weighted by molar-refractivity contribution is 0.104. The lowest BCUT2D eigenvalue weighted by Gasteiger charge is -2.06. The normalized spacial score (nSPS) is 11.1. The SMILES string of the molecule is Cc1ccc(C(=O)/C=C/c2cc(C)c(C)c(C)c2)c(C)c1. The first-order chi connectivity index (χ1) is 9.88. The van der Waals surface area contributed by atoms with Gasteiger partial charge in [-0.05, 0) is 68.5 Å². The molecule has 1 heteroatoms. The van der Waals surface area contributed by atoms with Crippen molar-refractivity contribution in [1.82, 2.24) is 0 Å². The van der Waals surface area contributed by atoms with Gasteiger partial charge >= 0.3 is 0 Å². The molecule has 0 heterocycles. The van der Waals surface area contributed by atoms with Gasteiger partial charge in [-0.1, -0.05) is 42.0 Å². The van der Waals surface area contributed by atoms with Crippen LogP contribution in [0.25, 0.3) is 6.08 Å². The molecule has 0 fully saturated rings. The zero-order chi connectivity index (χ0) is 15.6. The predicted molar refractivity (Wildman–Crippen MR) is 89.9 cm³/mol. The lowest BCUT2D eigenvalue weighted by atomic mass is 9.99. The van der Waals surface area contributed by atoms with Crippen molar-refractivity contribution in [2.24, 2.45) is 0 Å². The van der Waals surface area contributed by atoms with E-state index in [1.807, 2.05) is 38.1 Å². The quantitative estimate of drug-likeness (QED) is 0.562. The smallest absolute Gasteiger partial charge is 0.186 e. The van der Waals surface area contributed by atoms with Gasteiger partial charge in [0.05, 0.1) is 0 Å². The maximum absolute atomic E-state index is 12.3. The Morgan fingerprint density at radius 1 is 0.857 bits per heavy atom. The summed E-state index contributed by atoms with van der Waals surface area (Å²) in [6.45, 7) is 10.3. The topological polar surface area (TPSA) is 17.1 Å². The molecule has 1 nitrogen and oxygen atoms in total. The summed E-state index contributed by atoms with van der Waals surface area (Å²) in [6, 6.07) is 10.2. The number of aryl methyl sites for hydroxylation is 4. The molecule has 21 heavy (non-hydrogen) atoms. The van der Waals surface area contributed by atoms with E-state index < -0.39 is 0 Å². The van der Waals surface area contributed by atoms with Gasteiger partial charge in [-0.3, -0.25) is 4.79 Å². The van der Waals surface area contributed by atoms with E-state index in [2.05, 4.69) is 32.9 Å². The minimum atomic E-state index is 0.0587. The monoisotopic (exact) mass is 278 g/mol. The fourth-order valence-electron chi connectivity index (χ4n) is 2.52. The molecule has 2 aromatic carbocycles. The van der Waals surface area contributed by atoms with Crippen molar-refractivity contribution in [3.8, 4) is 0 Å². The zero-order valence-electron chi connectivity index (χ0n) is 13.4. The molecule has 0 bridgehead atoms. The Balaban J connectivity index is 2.27. The van der Waals surface area contributed by atoms with Gasteiger partial charge < -0.3 is 0 Å². The average Bonchev–Trinajstić information content (AvgIpc) is 2.42. The summed E-state index contributed by atoms with van der Waals surface area (Å²) in [6.07, 6.45) is 3.57. The summed E-state index contributed by atoms with van der Waals surface area (Å²) in [5.74, 6) is 0.0587. The van der Waals surface area contributed by atoms with Gasteiger partial charge in [0.25, 0.3) is 0 Å². The molecule has 2 rings (SSSR count). The molecule has 0 N–H and O–H groups in total. The van der Waals surface area contributed by atoms with Crippen molar-refractivity contribution in [2.45, 2.75) is 34.6 Å². The Morgan fingerprint density at radius 2 is 1.48 bits per heavy atom. The predicted octanol–water partition coefficient (Wildman–Crippen LogP) is 5.12. The molecule has 108 valence electrons. The molecule has 0 unspecified atom stereocenters. The summed E-state index contributed by atoms with van der Waals surface area (Å²) in [5, 5.41) is 0. The summed E-state index contributed by atoms with van der Waals surface area (Å²) in [4.78, 5) is 12.3. The van der Waals surface area contributed by atoms with E-state index in [1.54, 1.807) is 6.08 Å². The standard InChI is InChI=1S/C20H22O/c1-13-6-8-19(16(4)10-13)20(21)9-7-18-11-14(2)17(5)15(3)12-18/h6-12H,1-5H3/b9-7+. The molecule has 0 aliphatic carbocycles. The summed E-state index contributed by atoms with van der Waals surface area (Å²) < 4.78 is 0. The molecular weight excluding hydrogens is 256 g/mol. The second-order valence-electron chi connectivity index (χ2n) is 5.80. The first kappa shape index (κ1) is 15.2. The number of hydrogen-bond donors (Lipinski definition) is 0. The Kier molecular flexibility index (Phi) is 4.42. The Labute approximate surface area is 127 Å². The van der Waals surface area contributed by atoms with Crippen molar-refractivity contribution in [1.29, 1.82) is 0 Å². The van der Waals surface area contributed by atoms with Crippen molar-refractivity contribution < 1.29 is 4.79 Å². The molecule has 2 aromatic rings. The van der Waals surface area contributed by atoms with Crippen LogP contribution in [0, 0.1) is 34.6 Å². The highest BCUT2D eigenvalue weighted by Gasteiger charge is 2.06. The van der Waals surface area contributed by atoms with Crippen LogP contribution in [0.4, 0.5) is 0 Å². The fraction of sp³-hybridized carbons (Fsp3) is 0.250. The number of carbonyl (C=O) groups is 1. The number of carbonyl (C=O) groups excluding carboxylic acids is 1. The van der Waals surface area contributed by atoms with E-state index >= 15 is 0 Å². The van der Waals surface area contributed by atoms with Gasteiger partial charge in [-0.15, -0.1) is 0 Å². The van der Waals surface area contributed by atoms with E-state index in [9.17, 15) is 4.79 Å². The highest BCUT2D eigenvalue weighted by atomic mass is 16.1. The largest absolute Gasteiger partial charge is 0.289 e. The number of benzene rings is 2. The van der Waals surface area contributed by atoms with Crippen LogP contribution in [0.15, 0.2) is 36.4 Å². The van der Waals surface area contributed by atoms with Gasteiger partial charge in [0.1, 0.15) is 0 Å². The molecule has 0 amide bonds. The molecule has 0 spiro atoms. The van der Waals surface area contributed by atoms with Gasteiger partial charge in [0, 0.05) is 5.56 Å². The molecule has 0 radical (unpaired) electrons. The maximum atomic E-state index is 12.3. The highest BCUT2D eigenvalue weighted by molar-refractivity contribution is 6.07. The Morgan fingerprint density at radius 3 is 2.05 bits per heavy atom. The molecule has 0 aromatic heterocycles. The Hall–Kier alpha value is -2.15. The third-order valence-corrected chi connectivity index (χ3v) is 4.02. The number of ketones is 1. The van der Waals surface area contributed by atoms with Crippen LogP contribution in [0.1, 0.15) is 43.7 Å². The second kappa shape index (κ2) is 6.09. The van der Waals surface area contributed by atoms with Gasteiger partial charge in [0.2, 0.25) is 0 Å². The van der Waals surface area contributed by atoms with Crippen LogP contribution in [0.5, 0.6) is 0 Å². The number of rotatable bonds is 3. The highest BCUT2D eigenvalue weighted by Crippen LogP contribution is 2.17. The van der Waals surface area contributed by atoms with E-state index in [0.717, 1.165) is 16.7 Å². The third-order valence-electron chi connectivity index (χ3n) is 4.02. The van der Waals surface area contributed by atoms with Crippen molar-refractivity contribution in [3.05, 3.63) is 75.4 Å². The van der Waals surface area contributed by atoms with Gasteiger partial charge in [-0.2, -0.15) is 0 Å². The van der Waals surface area contributed by atoms with E-state index in [0.29, 0.717) is 0 Å². The van der Waals surface area contributed by atoms with Crippen molar-refractivity contribution in [2.75, 3.05) is 0 Å². The van der Waals surface area contributed by atoms with Crippen LogP contribution in [-0.2, 0) is 0 Å². The van der Waals surface area contributed by atoms with Crippen molar-refractivity contribution in [3.63, 3.8) is 0 Å². The first-order valence-electron chi connectivity index (χ1n) is 7.26. The van der Waals surface area contributed by atoms with Crippen LogP contribution >= 0.6 is 0 Å². The number of hydrogen-bond acceptors (Lipinski definition) is 1. The second-order valence-corrected chi connectivity index (χ2v) is 5.80. The minimum Gasteiger partial charge on any atom is -0.289 e. The summed E-state index contributed by atoms with van der Waals surface area (Å²) >= 11 is 0. The van der Waals surface area contributed by atoms with Gasteiger partial charge in [-0.25, -0.2) is 0 Å². The molecular formula is C20H22O. The molecule has 0 saturated carbocycles. The first-order valence-corrected chi connectivity index (χ1v) is 7.26. The van der Waals surface area contributed by atoms with E-state index in [-0.39, 0.29) is 5.78 Å².